The van der Waals surface area contributed by atoms with Crippen molar-refractivity contribution in [2.24, 2.45) is 5.73 Å². The molecule has 164 valence electrons. The van der Waals surface area contributed by atoms with Crippen LogP contribution in [0.15, 0.2) is 30.3 Å². The maximum Gasteiger partial charge on any atom is 0.407 e. The zero-order chi connectivity index (χ0) is 21.9. The lowest BCUT2D eigenvalue weighted by atomic mass is 10.1. The molecule has 1 aromatic carbocycles. The van der Waals surface area contributed by atoms with Gasteiger partial charge in [0.1, 0.15) is 12.6 Å². The maximum absolute atomic E-state index is 12.3. The number of hydrogen-bond acceptors (Lipinski definition) is 6. The molecule has 2 atom stereocenters. The zero-order valence-electron chi connectivity index (χ0n) is 16.7. The SMILES string of the molecule is N[C@@H](CCCNC(=O)CNC(=O)OCc1ccccc1)C(=O)N1CCC[C@H]1C(=O)O. The van der Waals surface area contributed by atoms with Gasteiger partial charge >= 0.3 is 12.1 Å². The Morgan fingerprint density at radius 2 is 1.93 bits per heavy atom. The van der Waals surface area contributed by atoms with Crippen LogP contribution < -0.4 is 16.4 Å². The number of carbonyl (C=O) groups is 4. The van der Waals surface area contributed by atoms with Crippen LogP contribution >= 0.6 is 0 Å². The Morgan fingerprint density at radius 3 is 2.63 bits per heavy atom. The number of ether oxygens (including phenoxy) is 1. The minimum atomic E-state index is -1.02. The number of carbonyl (C=O) groups excluding carboxylic acids is 3. The predicted octanol–water partition coefficient (Wildman–Crippen LogP) is 0.212. The number of alkyl carbamates (subject to hydrolysis) is 1. The molecule has 1 aliphatic heterocycles. The molecule has 0 unspecified atom stereocenters. The standard InChI is InChI=1S/C20H28N4O6/c21-15(18(26)24-11-5-9-16(24)19(27)28)8-4-10-22-17(25)12-23-20(29)30-13-14-6-2-1-3-7-14/h1-3,6-7,15-16H,4-5,8-13,21H2,(H,22,25)(H,23,29)(H,27,28)/t15-,16-/m0/s1. The Morgan fingerprint density at radius 1 is 1.20 bits per heavy atom. The molecule has 30 heavy (non-hydrogen) atoms. The Kier molecular flexibility index (Phi) is 9.07. The molecule has 0 saturated carbocycles. The first-order valence-corrected chi connectivity index (χ1v) is 9.88. The van der Waals surface area contributed by atoms with Crippen molar-refractivity contribution in [2.45, 2.75) is 44.4 Å². The van der Waals surface area contributed by atoms with E-state index in [0.717, 1.165) is 5.56 Å². The van der Waals surface area contributed by atoms with Gasteiger partial charge in [-0.15, -0.1) is 0 Å². The number of hydrogen-bond donors (Lipinski definition) is 4. The van der Waals surface area contributed by atoms with E-state index in [4.69, 9.17) is 15.6 Å². The summed E-state index contributed by atoms with van der Waals surface area (Å²) in [7, 11) is 0. The van der Waals surface area contributed by atoms with E-state index in [1.807, 2.05) is 30.3 Å². The highest BCUT2D eigenvalue weighted by atomic mass is 16.5. The lowest BCUT2D eigenvalue weighted by Crippen LogP contribution is -2.48. The number of nitrogens with one attached hydrogen (secondary N) is 2. The lowest BCUT2D eigenvalue weighted by Gasteiger charge is -2.24. The number of likely N-dealkylation sites (tertiary alicyclic amines) is 1. The smallest absolute Gasteiger partial charge is 0.407 e. The molecule has 5 N–H and O–H groups in total. The van der Waals surface area contributed by atoms with Crippen molar-refractivity contribution >= 4 is 23.9 Å². The van der Waals surface area contributed by atoms with Gasteiger partial charge < -0.3 is 31.1 Å². The highest BCUT2D eigenvalue weighted by Crippen LogP contribution is 2.18. The van der Waals surface area contributed by atoms with Crippen LogP contribution in [0.5, 0.6) is 0 Å². The maximum atomic E-state index is 12.3. The van der Waals surface area contributed by atoms with Gasteiger partial charge in [0.2, 0.25) is 11.8 Å². The normalized spacial score (nSPS) is 16.6. The van der Waals surface area contributed by atoms with E-state index in [2.05, 4.69) is 10.6 Å². The number of carboxylic acid groups (broad SMARTS) is 1. The summed E-state index contributed by atoms with van der Waals surface area (Å²) in [5.74, 6) is -1.79. The second-order valence-corrected chi connectivity index (χ2v) is 7.04. The quantitative estimate of drug-likeness (QED) is 0.395. The van der Waals surface area contributed by atoms with Gasteiger partial charge in [0.15, 0.2) is 0 Å². The molecule has 1 saturated heterocycles. The van der Waals surface area contributed by atoms with E-state index in [1.54, 1.807) is 0 Å². The zero-order valence-corrected chi connectivity index (χ0v) is 16.7. The Labute approximate surface area is 174 Å². The molecule has 1 aromatic rings. The molecular formula is C20H28N4O6. The van der Waals surface area contributed by atoms with Crippen molar-refractivity contribution in [1.82, 2.24) is 15.5 Å². The number of nitrogens with zero attached hydrogens (tertiary/aromatic N) is 1. The number of carboxylic acids is 1. The van der Waals surface area contributed by atoms with Crippen molar-refractivity contribution in [3.8, 4) is 0 Å². The van der Waals surface area contributed by atoms with Gasteiger partial charge in [-0.3, -0.25) is 9.59 Å². The summed E-state index contributed by atoms with van der Waals surface area (Å²) in [5, 5.41) is 14.1. The van der Waals surface area contributed by atoms with Crippen LogP contribution in [0.3, 0.4) is 0 Å². The van der Waals surface area contributed by atoms with E-state index in [-0.39, 0.29) is 25.6 Å². The number of rotatable bonds is 10. The summed E-state index contributed by atoms with van der Waals surface area (Å²) in [6.07, 6.45) is 1.15. The summed E-state index contributed by atoms with van der Waals surface area (Å²) in [4.78, 5) is 48.2. The summed E-state index contributed by atoms with van der Waals surface area (Å²) in [5.41, 5.74) is 6.73. The van der Waals surface area contributed by atoms with E-state index in [9.17, 15) is 19.2 Å². The third kappa shape index (κ3) is 7.36. The first-order valence-electron chi connectivity index (χ1n) is 9.88. The molecule has 0 radical (unpaired) electrons. The lowest BCUT2D eigenvalue weighted by molar-refractivity contribution is -0.148. The van der Waals surface area contributed by atoms with E-state index >= 15 is 0 Å². The van der Waals surface area contributed by atoms with Crippen molar-refractivity contribution in [1.29, 1.82) is 0 Å². The van der Waals surface area contributed by atoms with Gasteiger partial charge in [0.25, 0.3) is 0 Å². The van der Waals surface area contributed by atoms with E-state index in [1.165, 1.54) is 4.90 Å². The van der Waals surface area contributed by atoms with Crippen molar-refractivity contribution in [3.05, 3.63) is 35.9 Å². The molecule has 2 rings (SSSR count). The minimum absolute atomic E-state index is 0.111. The molecule has 10 heteroatoms. The first kappa shape index (κ1) is 23.1. The highest BCUT2D eigenvalue weighted by Gasteiger charge is 2.35. The highest BCUT2D eigenvalue weighted by molar-refractivity contribution is 5.87. The Bertz CT molecular complexity index is 742. The third-order valence-electron chi connectivity index (χ3n) is 4.76. The van der Waals surface area contributed by atoms with Crippen molar-refractivity contribution in [3.63, 3.8) is 0 Å². The Balaban J connectivity index is 1.57. The van der Waals surface area contributed by atoms with Gasteiger partial charge in [-0.25, -0.2) is 9.59 Å². The molecule has 10 nitrogen and oxygen atoms in total. The largest absolute Gasteiger partial charge is 0.480 e. The molecule has 1 fully saturated rings. The fourth-order valence-corrected chi connectivity index (χ4v) is 3.16. The molecule has 1 aliphatic rings. The van der Waals surface area contributed by atoms with Gasteiger partial charge in [0, 0.05) is 13.1 Å². The van der Waals surface area contributed by atoms with Crippen LogP contribution in [0.2, 0.25) is 0 Å². The molecule has 0 bridgehead atoms. The number of nitrogens with two attached hydrogens (primary N) is 1. The van der Waals surface area contributed by atoms with Crippen LogP contribution in [-0.4, -0.2) is 65.6 Å². The average Bonchev–Trinajstić information content (AvgIpc) is 3.24. The monoisotopic (exact) mass is 420 g/mol. The van der Waals surface area contributed by atoms with Gasteiger partial charge in [-0.2, -0.15) is 0 Å². The third-order valence-corrected chi connectivity index (χ3v) is 4.76. The van der Waals surface area contributed by atoms with Crippen LogP contribution in [0.4, 0.5) is 4.79 Å². The van der Waals surface area contributed by atoms with Crippen molar-refractivity contribution in [2.75, 3.05) is 19.6 Å². The molecule has 0 aromatic heterocycles. The molecular weight excluding hydrogens is 392 g/mol. The van der Waals surface area contributed by atoms with E-state index < -0.39 is 30.1 Å². The van der Waals surface area contributed by atoms with Crippen molar-refractivity contribution < 1.29 is 29.0 Å². The molecule has 0 spiro atoms. The summed E-state index contributed by atoms with van der Waals surface area (Å²) >= 11 is 0. The Hall–Kier alpha value is -3.14. The van der Waals surface area contributed by atoms with Crippen LogP contribution in [0.25, 0.3) is 0 Å². The molecule has 0 aliphatic carbocycles. The predicted molar refractivity (Wildman–Crippen MR) is 107 cm³/mol. The van der Waals surface area contributed by atoms with E-state index in [0.29, 0.717) is 32.2 Å². The fourth-order valence-electron chi connectivity index (χ4n) is 3.16. The van der Waals surface area contributed by atoms with Gasteiger partial charge in [-0.05, 0) is 31.2 Å². The van der Waals surface area contributed by atoms with Crippen LogP contribution in [0.1, 0.15) is 31.2 Å². The number of aliphatic carboxylic acids is 1. The van der Waals surface area contributed by atoms with Gasteiger partial charge in [-0.1, -0.05) is 30.3 Å². The topological polar surface area (TPSA) is 151 Å². The molecule has 1 heterocycles. The van der Waals surface area contributed by atoms with Crippen LogP contribution in [-0.2, 0) is 25.7 Å². The summed E-state index contributed by atoms with van der Waals surface area (Å²) in [6, 6.07) is 7.54. The van der Waals surface area contributed by atoms with Gasteiger partial charge in [0.05, 0.1) is 12.6 Å². The summed E-state index contributed by atoms with van der Waals surface area (Å²) in [6.45, 7) is 0.557. The first-order chi connectivity index (χ1) is 14.4. The number of benzene rings is 1. The fraction of sp³-hybridized carbons (Fsp3) is 0.500. The number of amides is 3. The summed E-state index contributed by atoms with van der Waals surface area (Å²) < 4.78 is 5.01. The second kappa shape index (κ2) is 11.8. The minimum Gasteiger partial charge on any atom is -0.480 e. The second-order valence-electron chi connectivity index (χ2n) is 7.04. The average molecular weight is 420 g/mol. The van der Waals surface area contributed by atoms with Crippen LogP contribution in [0, 0.1) is 0 Å². The molecule has 3 amide bonds.